The highest BCUT2D eigenvalue weighted by Gasteiger charge is 2.35. The van der Waals surface area contributed by atoms with Crippen molar-refractivity contribution in [2.75, 3.05) is 40.9 Å². The molecule has 9 heteroatoms. The molecule has 1 saturated heterocycles. The fourth-order valence-corrected chi connectivity index (χ4v) is 5.86. The standard InChI is InChI=1S/C32H40N4O4S/c1-33-31(38)28(20-27-12-8-18-41-27)36(3)32(39)29(35(2)30(37)22-40-21-26-11-7-17-34-26)19-23-13-15-25(16-14-23)24-9-5-4-6-10-24/h4-6,8-10,12-16,18,26,28-29,34H,7,11,17,19-22H2,1-3H3,(H,33,38)/t26-,28+,29?/m0/s1. The predicted molar refractivity (Wildman–Crippen MR) is 163 cm³/mol. The highest BCUT2D eigenvalue weighted by Crippen LogP contribution is 2.22. The Balaban J connectivity index is 1.53. The zero-order valence-corrected chi connectivity index (χ0v) is 24.9. The molecular formula is C32H40N4O4S. The van der Waals surface area contributed by atoms with Gasteiger partial charge in [0.25, 0.3) is 0 Å². The summed E-state index contributed by atoms with van der Waals surface area (Å²) in [6.07, 6.45) is 2.84. The van der Waals surface area contributed by atoms with Crippen molar-refractivity contribution in [3.05, 3.63) is 82.6 Å². The van der Waals surface area contributed by atoms with Crippen LogP contribution in [0.25, 0.3) is 11.1 Å². The molecule has 1 unspecified atom stereocenters. The average molecular weight is 577 g/mol. The van der Waals surface area contributed by atoms with Crippen LogP contribution in [0.1, 0.15) is 23.3 Å². The molecule has 1 aliphatic rings. The van der Waals surface area contributed by atoms with E-state index in [0.29, 0.717) is 19.4 Å². The molecule has 0 spiro atoms. The van der Waals surface area contributed by atoms with E-state index in [1.807, 2.05) is 60.0 Å². The summed E-state index contributed by atoms with van der Waals surface area (Å²) in [7, 11) is 4.85. The summed E-state index contributed by atoms with van der Waals surface area (Å²) in [5.41, 5.74) is 3.10. The van der Waals surface area contributed by atoms with Crippen LogP contribution in [-0.2, 0) is 32.0 Å². The van der Waals surface area contributed by atoms with Crippen molar-refractivity contribution in [2.24, 2.45) is 0 Å². The van der Waals surface area contributed by atoms with Gasteiger partial charge in [-0.1, -0.05) is 60.7 Å². The maximum Gasteiger partial charge on any atom is 0.249 e. The minimum Gasteiger partial charge on any atom is -0.370 e. The van der Waals surface area contributed by atoms with Gasteiger partial charge in [0.15, 0.2) is 0 Å². The Kier molecular flexibility index (Phi) is 11.1. The number of likely N-dealkylation sites (N-methyl/N-ethyl adjacent to an activating group) is 3. The van der Waals surface area contributed by atoms with Gasteiger partial charge in [-0.2, -0.15) is 0 Å². The SMILES string of the molecule is CNC(=O)[C@@H](Cc1cccs1)N(C)C(=O)C(Cc1ccc(-c2ccccc2)cc1)N(C)C(=O)COC[C@@H]1CCCN1. The fraction of sp³-hybridized carbons (Fsp3) is 0.406. The molecule has 2 heterocycles. The van der Waals surface area contributed by atoms with Gasteiger partial charge in [0.2, 0.25) is 17.7 Å². The molecule has 0 saturated carbocycles. The summed E-state index contributed by atoms with van der Waals surface area (Å²) in [5.74, 6) is -0.817. The molecule has 3 aromatic rings. The highest BCUT2D eigenvalue weighted by molar-refractivity contribution is 7.09. The maximum atomic E-state index is 14.1. The molecule has 3 atom stereocenters. The molecule has 3 amide bonds. The minimum absolute atomic E-state index is 0.108. The smallest absolute Gasteiger partial charge is 0.249 e. The third kappa shape index (κ3) is 8.25. The molecule has 1 fully saturated rings. The van der Waals surface area contributed by atoms with Crippen LogP contribution < -0.4 is 10.6 Å². The van der Waals surface area contributed by atoms with Crippen molar-refractivity contribution < 1.29 is 19.1 Å². The summed E-state index contributed by atoms with van der Waals surface area (Å²) in [6, 6.07) is 20.7. The van der Waals surface area contributed by atoms with Crippen molar-refractivity contribution in [1.29, 1.82) is 0 Å². The number of nitrogens with one attached hydrogen (secondary N) is 2. The van der Waals surface area contributed by atoms with E-state index in [-0.39, 0.29) is 30.4 Å². The second kappa shape index (κ2) is 14.9. The van der Waals surface area contributed by atoms with E-state index in [2.05, 4.69) is 22.8 Å². The number of hydrogen-bond donors (Lipinski definition) is 2. The lowest BCUT2D eigenvalue weighted by Crippen LogP contribution is -2.56. The molecule has 8 nitrogen and oxygen atoms in total. The number of carbonyl (C=O) groups is 3. The molecule has 218 valence electrons. The van der Waals surface area contributed by atoms with Gasteiger partial charge in [-0.05, 0) is 47.5 Å². The molecule has 1 aromatic heterocycles. The lowest BCUT2D eigenvalue weighted by molar-refractivity contribution is -0.149. The Bertz CT molecular complexity index is 1260. The van der Waals surface area contributed by atoms with Crippen LogP contribution >= 0.6 is 11.3 Å². The zero-order valence-electron chi connectivity index (χ0n) is 24.0. The number of hydrogen-bond acceptors (Lipinski definition) is 6. The van der Waals surface area contributed by atoms with E-state index in [1.54, 1.807) is 32.5 Å². The molecule has 2 aromatic carbocycles. The largest absolute Gasteiger partial charge is 0.370 e. The molecule has 41 heavy (non-hydrogen) atoms. The Labute approximate surface area is 246 Å². The molecule has 0 radical (unpaired) electrons. The molecule has 0 bridgehead atoms. The summed E-state index contributed by atoms with van der Waals surface area (Å²) in [4.78, 5) is 44.2. The van der Waals surface area contributed by atoms with Gasteiger partial charge in [-0.25, -0.2) is 0 Å². The normalized spacial score (nSPS) is 16.1. The number of amides is 3. The summed E-state index contributed by atoms with van der Waals surface area (Å²) >= 11 is 1.55. The van der Waals surface area contributed by atoms with Gasteiger partial charge in [0.05, 0.1) is 6.61 Å². The number of ether oxygens (including phenoxy) is 1. The van der Waals surface area contributed by atoms with E-state index in [1.165, 1.54) is 9.80 Å². The topological polar surface area (TPSA) is 91.0 Å². The first-order valence-corrected chi connectivity index (χ1v) is 15.0. The van der Waals surface area contributed by atoms with Crippen LogP contribution in [0.5, 0.6) is 0 Å². The van der Waals surface area contributed by atoms with Gasteiger partial charge >= 0.3 is 0 Å². The monoisotopic (exact) mass is 576 g/mol. The van der Waals surface area contributed by atoms with Crippen LogP contribution in [0, 0.1) is 0 Å². The first kappa shape index (κ1) is 30.4. The average Bonchev–Trinajstić information content (AvgIpc) is 3.73. The van der Waals surface area contributed by atoms with E-state index in [4.69, 9.17) is 4.74 Å². The Morgan fingerprint density at radius 1 is 0.951 bits per heavy atom. The second-order valence-electron chi connectivity index (χ2n) is 10.5. The molecule has 2 N–H and O–H groups in total. The lowest BCUT2D eigenvalue weighted by Gasteiger charge is -2.34. The maximum absolute atomic E-state index is 14.1. The van der Waals surface area contributed by atoms with Crippen molar-refractivity contribution in [1.82, 2.24) is 20.4 Å². The van der Waals surface area contributed by atoms with Crippen LogP contribution in [-0.4, -0.2) is 86.5 Å². The highest BCUT2D eigenvalue weighted by atomic mass is 32.1. The Morgan fingerprint density at radius 3 is 2.32 bits per heavy atom. The van der Waals surface area contributed by atoms with Gasteiger partial charge in [0, 0.05) is 44.9 Å². The van der Waals surface area contributed by atoms with Gasteiger partial charge in [-0.15, -0.1) is 11.3 Å². The quantitative estimate of drug-likeness (QED) is 0.326. The Morgan fingerprint density at radius 2 is 1.68 bits per heavy atom. The van der Waals surface area contributed by atoms with Crippen LogP contribution in [0.2, 0.25) is 0 Å². The third-order valence-corrected chi connectivity index (χ3v) is 8.58. The lowest BCUT2D eigenvalue weighted by atomic mass is 9.99. The van der Waals surface area contributed by atoms with Crippen molar-refractivity contribution in [3.63, 3.8) is 0 Å². The minimum atomic E-state index is -0.807. The van der Waals surface area contributed by atoms with Gasteiger partial charge in [-0.3, -0.25) is 14.4 Å². The van der Waals surface area contributed by atoms with Crippen molar-refractivity contribution >= 4 is 29.1 Å². The summed E-state index contributed by atoms with van der Waals surface area (Å²) < 4.78 is 5.74. The van der Waals surface area contributed by atoms with Gasteiger partial charge in [0.1, 0.15) is 18.7 Å². The summed E-state index contributed by atoms with van der Waals surface area (Å²) in [6.45, 7) is 1.31. The van der Waals surface area contributed by atoms with E-state index < -0.39 is 12.1 Å². The molecule has 4 rings (SSSR count). The number of benzene rings is 2. The third-order valence-electron chi connectivity index (χ3n) is 7.68. The van der Waals surface area contributed by atoms with Crippen LogP contribution in [0.15, 0.2) is 72.1 Å². The molecule has 1 aliphatic heterocycles. The number of thiophene rings is 1. The predicted octanol–water partition coefficient (Wildman–Crippen LogP) is 3.37. The summed E-state index contributed by atoms with van der Waals surface area (Å²) in [5, 5.41) is 8.01. The van der Waals surface area contributed by atoms with Gasteiger partial charge < -0.3 is 25.2 Å². The first-order valence-electron chi connectivity index (χ1n) is 14.1. The fourth-order valence-electron chi connectivity index (χ4n) is 5.12. The van der Waals surface area contributed by atoms with Crippen molar-refractivity contribution in [2.45, 2.75) is 43.8 Å². The number of nitrogens with zero attached hydrogens (tertiary/aromatic N) is 2. The van der Waals surface area contributed by atoms with Crippen molar-refractivity contribution in [3.8, 4) is 11.1 Å². The van der Waals surface area contributed by atoms with E-state index >= 15 is 0 Å². The molecular weight excluding hydrogens is 536 g/mol. The number of carbonyl (C=O) groups excluding carboxylic acids is 3. The Hall–Kier alpha value is -3.53. The van der Waals surface area contributed by atoms with E-state index in [9.17, 15) is 14.4 Å². The molecule has 0 aliphatic carbocycles. The van der Waals surface area contributed by atoms with E-state index in [0.717, 1.165) is 41.0 Å². The second-order valence-corrected chi connectivity index (χ2v) is 11.5. The van der Waals surface area contributed by atoms with Crippen LogP contribution in [0.3, 0.4) is 0 Å². The zero-order chi connectivity index (χ0) is 29.2. The van der Waals surface area contributed by atoms with Crippen LogP contribution in [0.4, 0.5) is 0 Å². The number of rotatable bonds is 13. The first-order chi connectivity index (χ1) is 19.9.